The lowest BCUT2D eigenvalue weighted by atomic mass is 9.83. The predicted molar refractivity (Wildman–Crippen MR) is 77.7 cm³/mol. The van der Waals surface area contributed by atoms with Crippen molar-refractivity contribution in [2.75, 3.05) is 0 Å². The van der Waals surface area contributed by atoms with Crippen LogP contribution in [-0.4, -0.2) is 16.2 Å². The summed E-state index contributed by atoms with van der Waals surface area (Å²) in [6.07, 6.45) is 2.38. The third kappa shape index (κ3) is 2.64. The molecule has 1 aromatic carbocycles. The predicted octanol–water partition coefficient (Wildman–Crippen LogP) is 4.05. The third-order valence-corrected chi connectivity index (χ3v) is 5.19. The first-order chi connectivity index (χ1) is 8.84. The zero-order chi connectivity index (χ0) is 14.3. The van der Waals surface area contributed by atoms with Crippen molar-refractivity contribution < 1.29 is 15.0 Å². The highest BCUT2D eigenvalue weighted by Crippen LogP contribution is 2.49. The van der Waals surface area contributed by atoms with Crippen LogP contribution in [0.25, 0.3) is 0 Å². The van der Waals surface area contributed by atoms with Gasteiger partial charge in [-0.25, -0.2) is 0 Å². The minimum atomic E-state index is -0.752. The lowest BCUT2D eigenvalue weighted by Gasteiger charge is -2.23. The number of carboxylic acid groups (broad SMARTS) is 1. The van der Waals surface area contributed by atoms with Gasteiger partial charge in [0.15, 0.2) is 0 Å². The maximum absolute atomic E-state index is 11.1. The molecule has 1 atom stereocenters. The van der Waals surface area contributed by atoms with Crippen LogP contribution in [0.4, 0.5) is 0 Å². The van der Waals surface area contributed by atoms with Crippen molar-refractivity contribution in [3.8, 4) is 5.75 Å². The van der Waals surface area contributed by atoms with E-state index < -0.39 is 5.97 Å². The van der Waals surface area contributed by atoms with Crippen LogP contribution in [0.1, 0.15) is 47.4 Å². The quantitative estimate of drug-likeness (QED) is 0.877. The molecule has 2 rings (SSSR count). The Bertz CT molecular complexity index is 504. The Hall–Kier alpha value is -1.03. The number of hydrogen-bond acceptors (Lipinski definition) is 2. The lowest BCUT2D eigenvalue weighted by Crippen LogP contribution is -2.12. The Morgan fingerprint density at radius 3 is 2.32 bits per heavy atom. The third-order valence-electron chi connectivity index (χ3n) is 4.22. The standard InChI is InChI=1S/C15H19BrO3/c1-7-8(2)15(19)14(16)9(3)13(7)11(6-12(17)18)10-4-5-10/h10-11,19H,4-6H2,1-3H3,(H,17,18). The van der Waals surface area contributed by atoms with Crippen LogP contribution in [0, 0.1) is 26.7 Å². The molecule has 104 valence electrons. The van der Waals surface area contributed by atoms with E-state index in [2.05, 4.69) is 15.9 Å². The number of phenolic OH excluding ortho intramolecular Hbond substituents is 1. The van der Waals surface area contributed by atoms with Crippen molar-refractivity contribution in [3.63, 3.8) is 0 Å². The van der Waals surface area contributed by atoms with Gasteiger partial charge in [0.1, 0.15) is 5.75 Å². The van der Waals surface area contributed by atoms with Gasteiger partial charge in [0.05, 0.1) is 10.9 Å². The van der Waals surface area contributed by atoms with E-state index in [0.717, 1.165) is 35.1 Å². The van der Waals surface area contributed by atoms with Crippen LogP contribution in [0.15, 0.2) is 4.47 Å². The summed E-state index contributed by atoms with van der Waals surface area (Å²) in [6, 6.07) is 0. The summed E-state index contributed by atoms with van der Waals surface area (Å²) in [7, 11) is 0. The van der Waals surface area contributed by atoms with Crippen LogP contribution in [0.2, 0.25) is 0 Å². The number of aliphatic carboxylic acids is 1. The van der Waals surface area contributed by atoms with Gasteiger partial charge in [-0.15, -0.1) is 0 Å². The van der Waals surface area contributed by atoms with Gasteiger partial charge in [0, 0.05) is 0 Å². The van der Waals surface area contributed by atoms with E-state index in [1.807, 2.05) is 20.8 Å². The van der Waals surface area contributed by atoms with Crippen molar-refractivity contribution in [2.24, 2.45) is 5.92 Å². The second kappa shape index (κ2) is 5.16. The minimum Gasteiger partial charge on any atom is -0.506 e. The van der Waals surface area contributed by atoms with Crippen molar-refractivity contribution in [1.29, 1.82) is 0 Å². The van der Waals surface area contributed by atoms with E-state index in [0.29, 0.717) is 10.4 Å². The van der Waals surface area contributed by atoms with E-state index in [1.165, 1.54) is 0 Å². The Morgan fingerprint density at radius 2 is 1.84 bits per heavy atom. The van der Waals surface area contributed by atoms with E-state index in [4.69, 9.17) is 5.11 Å². The van der Waals surface area contributed by atoms with Crippen molar-refractivity contribution >= 4 is 21.9 Å². The smallest absolute Gasteiger partial charge is 0.303 e. The first-order valence-corrected chi connectivity index (χ1v) is 7.33. The van der Waals surface area contributed by atoms with Crippen LogP contribution >= 0.6 is 15.9 Å². The first kappa shape index (κ1) is 14.4. The van der Waals surface area contributed by atoms with Crippen LogP contribution in [0.5, 0.6) is 5.75 Å². The van der Waals surface area contributed by atoms with Gasteiger partial charge in [0.2, 0.25) is 0 Å². The highest BCUT2D eigenvalue weighted by atomic mass is 79.9. The Labute approximate surface area is 121 Å². The lowest BCUT2D eigenvalue weighted by molar-refractivity contribution is -0.137. The summed E-state index contributed by atoms with van der Waals surface area (Å²) in [5.74, 6) is 0.0543. The zero-order valence-corrected chi connectivity index (χ0v) is 13.0. The number of aromatic hydroxyl groups is 1. The second-order valence-corrected chi connectivity index (χ2v) is 6.29. The summed E-state index contributed by atoms with van der Waals surface area (Å²) in [5, 5.41) is 19.2. The molecule has 1 aliphatic carbocycles. The van der Waals surface area contributed by atoms with E-state index in [-0.39, 0.29) is 18.1 Å². The molecule has 0 bridgehead atoms. The molecule has 0 amide bonds. The van der Waals surface area contributed by atoms with Crippen LogP contribution < -0.4 is 0 Å². The molecule has 1 fully saturated rings. The highest BCUT2D eigenvalue weighted by Gasteiger charge is 2.36. The summed E-state index contributed by atoms with van der Waals surface area (Å²) >= 11 is 3.42. The topological polar surface area (TPSA) is 57.5 Å². The molecule has 1 unspecified atom stereocenters. The SMILES string of the molecule is Cc1c(C)c(C(CC(=O)O)C2CC2)c(C)c(Br)c1O. The molecule has 1 aromatic rings. The van der Waals surface area contributed by atoms with E-state index in [9.17, 15) is 9.90 Å². The number of carboxylic acids is 1. The van der Waals surface area contributed by atoms with Crippen LogP contribution in [-0.2, 0) is 4.79 Å². The zero-order valence-electron chi connectivity index (χ0n) is 11.5. The molecule has 0 spiro atoms. The van der Waals surface area contributed by atoms with Gasteiger partial charge < -0.3 is 10.2 Å². The molecule has 2 N–H and O–H groups in total. The van der Waals surface area contributed by atoms with Crippen molar-refractivity contribution in [1.82, 2.24) is 0 Å². The normalized spacial score (nSPS) is 16.4. The maximum Gasteiger partial charge on any atom is 0.303 e. The molecule has 19 heavy (non-hydrogen) atoms. The maximum atomic E-state index is 11.1. The molecule has 3 nitrogen and oxygen atoms in total. The summed E-state index contributed by atoms with van der Waals surface area (Å²) in [4.78, 5) is 11.1. The molecular weight excluding hydrogens is 308 g/mol. The number of rotatable bonds is 4. The fourth-order valence-corrected chi connectivity index (χ4v) is 3.38. The van der Waals surface area contributed by atoms with Gasteiger partial charge >= 0.3 is 5.97 Å². The fraction of sp³-hybridized carbons (Fsp3) is 0.533. The first-order valence-electron chi connectivity index (χ1n) is 6.54. The molecule has 1 aliphatic rings. The minimum absolute atomic E-state index is 0.0631. The summed E-state index contributed by atoms with van der Waals surface area (Å²) in [6.45, 7) is 5.80. The van der Waals surface area contributed by atoms with Crippen molar-refractivity contribution in [2.45, 2.75) is 46.0 Å². The van der Waals surface area contributed by atoms with Crippen molar-refractivity contribution in [3.05, 3.63) is 26.7 Å². The van der Waals surface area contributed by atoms with E-state index in [1.54, 1.807) is 0 Å². The van der Waals surface area contributed by atoms with Gasteiger partial charge in [-0.1, -0.05) is 0 Å². The molecule has 1 saturated carbocycles. The Kier molecular flexibility index (Phi) is 3.90. The number of phenols is 1. The molecule has 0 heterocycles. The molecule has 4 heteroatoms. The number of hydrogen-bond donors (Lipinski definition) is 2. The van der Waals surface area contributed by atoms with Gasteiger partial charge in [0.25, 0.3) is 0 Å². The molecule has 0 saturated heterocycles. The Morgan fingerprint density at radius 1 is 1.26 bits per heavy atom. The largest absolute Gasteiger partial charge is 0.506 e. The monoisotopic (exact) mass is 326 g/mol. The molecular formula is C15H19BrO3. The number of benzene rings is 1. The van der Waals surface area contributed by atoms with Crippen LogP contribution in [0.3, 0.4) is 0 Å². The average Bonchev–Trinajstić information content (AvgIpc) is 3.16. The highest BCUT2D eigenvalue weighted by molar-refractivity contribution is 9.10. The molecule has 0 radical (unpaired) electrons. The Balaban J connectivity index is 2.56. The average molecular weight is 327 g/mol. The van der Waals surface area contributed by atoms with Gasteiger partial charge in [-0.2, -0.15) is 0 Å². The number of halogens is 1. The molecule has 0 aromatic heterocycles. The van der Waals surface area contributed by atoms with Gasteiger partial charge in [-0.3, -0.25) is 4.79 Å². The number of carbonyl (C=O) groups is 1. The van der Waals surface area contributed by atoms with Gasteiger partial charge in [-0.05, 0) is 83.6 Å². The summed E-state index contributed by atoms with van der Waals surface area (Å²) < 4.78 is 0.696. The second-order valence-electron chi connectivity index (χ2n) is 5.49. The molecule has 0 aliphatic heterocycles. The summed E-state index contributed by atoms with van der Waals surface area (Å²) in [5.41, 5.74) is 3.94. The fourth-order valence-electron chi connectivity index (χ4n) is 2.87. The van der Waals surface area contributed by atoms with E-state index >= 15 is 0 Å².